The highest BCUT2D eigenvalue weighted by Crippen LogP contribution is 2.39. The third-order valence-corrected chi connectivity index (χ3v) is 4.77. The van der Waals surface area contributed by atoms with Crippen LogP contribution in [-0.2, 0) is 10.0 Å². The second-order valence-electron chi connectivity index (χ2n) is 4.18. The van der Waals surface area contributed by atoms with E-state index >= 15 is 0 Å². The summed E-state index contributed by atoms with van der Waals surface area (Å²) in [5, 5.41) is 0.322. The fourth-order valence-electron chi connectivity index (χ4n) is 1.80. The van der Waals surface area contributed by atoms with Crippen LogP contribution in [0.2, 0.25) is 10.0 Å². The van der Waals surface area contributed by atoms with E-state index in [0.717, 1.165) is 0 Å². The van der Waals surface area contributed by atoms with E-state index in [9.17, 15) is 8.42 Å². The van der Waals surface area contributed by atoms with Gasteiger partial charge in [-0.15, -0.1) is 5.69 Å². The van der Waals surface area contributed by atoms with Gasteiger partial charge in [-0.05, 0) is 30.3 Å². The van der Waals surface area contributed by atoms with E-state index in [1.807, 2.05) is 0 Å². The van der Waals surface area contributed by atoms with E-state index in [2.05, 4.69) is 4.72 Å². The molecule has 0 fully saturated rings. The van der Waals surface area contributed by atoms with Crippen LogP contribution in [0.15, 0.2) is 41.3 Å². The Bertz CT molecular complexity index is 808. The highest BCUT2D eigenvalue weighted by atomic mass is 35.5. The summed E-state index contributed by atoms with van der Waals surface area (Å²) in [4.78, 5) is -0.144. The van der Waals surface area contributed by atoms with Gasteiger partial charge in [-0.1, -0.05) is 29.3 Å². The zero-order valence-electron chi connectivity index (χ0n) is 10.4. The molecule has 0 aliphatic carbocycles. The lowest BCUT2D eigenvalue weighted by molar-refractivity contribution is 0.174. The highest BCUT2D eigenvalue weighted by molar-refractivity contribution is 7.94. The molecule has 110 valence electrons. The van der Waals surface area contributed by atoms with Crippen LogP contribution in [0.4, 0.5) is 5.69 Å². The van der Waals surface area contributed by atoms with Gasteiger partial charge in [-0.3, -0.25) is 0 Å². The molecule has 0 radical (unpaired) electrons. The normalized spacial score (nSPS) is 13.2. The molecule has 0 unspecified atom stereocenters. The first kappa shape index (κ1) is 14.3. The summed E-state index contributed by atoms with van der Waals surface area (Å²) in [6.07, 6.45) is 0. The van der Waals surface area contributed by atoms with Crippen molar-refractivity contribution in [3.63, 3.8) is 0 Å². The third kappa shape index (κ3) is 2.88. The van der Waals surface area contributed by atoms with Gasteiger partial charge in [0.25, 0.3) is 0 Å². The topological polar surface area (TPSA) is 66.7 Å². The quantitative estimate of drug-likeness (QED) is 0.839. The number of halogens is 2. The number of ether oxygens (including phenoxy) is 2. The molecule has 0 aromatic heterocycles. The maximum atomic E-state index is 12.3. The zero-order valence-corrected chi connectivity index (χ0v) is 12.7. The largest absolute Gasteiger partial charge is 0.573 e. The van der Waals surface area contributed by atoms with E-state index in [1.165, 1.54) is 30.3 Å². The minimum absolute atomic E-state index is 0.0592. The predicted octanol–water partition coefficient (Wildman–Crippen LogP) is 4.12. The first-order valence-electron chi connectivity index (χ1n) is 5.78. The molecule has 3 rings (SSSR count). The summed E-state index contributed by atoms with van der Waals surface area (Å²) >= 11 is 11.7. The van der Waals surface area contributed by atoms with E-state index in [-0.39, 0.29) is 27.4 Å². The lowest BCUT2D eigenvalue weighted by Gasteiger charge is -2.22. The first-order chi connectivity index (χ1) is 9.95. The molecule has 1 aliphatic rings. The van der Waals surface area contributed by atoms with Crippen LogP contribution in [0.5, 0.6) is 11.5 Å². The average Bonchev–Trinajstić information content (AvgIpc) is 2.88. The average molecular weight is 345 g/mol. The van der Waals surface area contributed by atoms with Gasteiger partial charge in [-0.25, -0.2) is 8.42 Å². The Balaban J connectivity index is 1.94. The summed E-state index contributed by atoms with van der Waals surface area (Å²) in [7, 11) is -3.97. The Morgan fingerprint density at radius 2 is 1.76 bits per heavy atom. The molecule has 0 bridgehead atoms. The van der Waals surface area contributed by atoms with Crippen LogP contribution in [0.1, 0.15) is 0 Å². The Hall–Kier alpha value is -1.63. The minimum Gasteiger partial charge on any atom is -0.573 e. The van der Waals surface area contributed by atoms with E-state index in [0.29, 0.717) is 11.5 Å². The number of nitrogens with zero attached hydrogens (tertiary/aromatic N) is 1. The van der Waals surface area contributed by atoms with Gasteiger partial charge < -0.3 is 14.2 Å². The van der Waals surface area contributed by atoms with Gasteiger partial charge in [0, 0.05) is 5.02 Å². The van der Waals surface area contributed by atoms with Crippen molar-refractivity contribution in [3.05, 3.63) is 51.2 Å². The van der Waals surface area contributed by atoms with E-state index < -0.39 is 10.0 Å². The van der Waals surface area contributed by atoms with Crippen molar-refractivity contribution in [1.29, 1.82) is 0 Å². The number of hydrogen-bond acceptors (Lipinski definition) is 4. The van der Waals surface area contributed by atoms with Crippen molar-refractivity contribution in [2.24, 2.45) is 0 Å². The Morgan fingerprint density at radius 3 is 2.57 bits per heavy atom. The molecule has 5 nitrogen and oxygen atoms in total. The maximum absolute atomic E-state index is 12.3. The third-order valence-electron chi connectivity index (χ3n) is 2.75. The number of sulfonamides is 1. The summed E-state index contributed by atoms with van der Waals surface area (Å²) in [5.74, 6) is 0.996. The second kappa shape index (κ2) is 5.29. The zero-order chi connectivity index (χ0) is 15.0. The fourth-order valence-corrected chi connectivity index (χ4v) is 3.53. The molecule has 1 aliphatic heterocycles. The summed E-state index contributed by atoms with van der Waals surface area (Å²) < 4.78 is 38.6. The van der Waals surface area contributed by atoms with Crippen LogP contribution in [0.3, 0.4) is 0 Å². The predicted molar refractivity (Wildman–Crippen MR) is 79.2 cm³/mol. The molecule has 0 saturated heterocycles. The van der Waals surface area contributed by atoms with Gasteiger partial charge in [-0.2, -0.15) is 0 Å². The Labute approximate surface area is 131 Å². The van der Waals surface area contributed by atoms with Crippen molar-refractivity contribution in [2.75, 3.05) is 6.79 Å². The summed E-state index contributed by atoms with van der Waals surface area (Å²) in [6.45, 7) is 0.103. The van der Waals surface area contributed by atoms with E-state index in [4.69, 9.17) is 32.7 Å². The lowest BCUT2D eigenvalue weighted by Crippen LogP contribution is -1.98. The smallest absolute Gasteiger partial charge is 0.231 e. The highest BCUT2D eigenvalue weighted by Gasteiger charge is 2.14. The van der Waals surface area contributed by atoms with Gasteiger partial charge in [0.15, 0.2) is 11.5 Å². The van der Waals surface area contributed by atoms with Crippen molar-refractivity contribution in [2.45, 2.75) is 4.90 Å². The Morgan fingerprint density at radius 1 is 1.00 bits per heavy atom. The molecule has 21 heavy (non-hydrogen) atoms. The standard InChI is InChI=1S/C13H8Cl2NO4S/c14-8-1-3-10(15)13(5-8)21(17,18)16-9-2-4-11-12(6-9)20-7-19-11/h1-6H,7H2/q-1. The first-order valence-corrected chi connectivity index (χ1v) is 7.98. The van der Waals surface area contributed by atoms with Crippen molar-refractivity contribution >= 4 is 38.9 Å². The van der Waals surface area contributed by atoms with Crippen LogP contribution in [0, 0.1) is 0 Å². The van der Waals surface area contributed by atoms with Gasteiger partial charge in [0.2, 0.25) is 6.79 Å². The monoisotopic (exact) mass is 344 g/mol. The second-order valence-corrected chi connectivity index (χ2v) is 6.59. The molecule has 0 amide bonds. The maximum Gasteiger partial charge on any atom is 0.231 e. The van der Waals surface area contributed by atoms with Crippen LogP contribution < -0.4 is 9.47 Å². The van der Waals surface area contributed by atoms with Crippen molar-refractivity contribution < 1.29 is 17.9 Å². The lowest BCUT2D eigenvalue weighted by atomic mass is 10.3. The molecule has 0 N–H and O–H groups in total. The minimum atomic E-state index is -3.97. The van der Waals surface area contributed by atoms with Crippen LogP contribution in [0.25, 0.3) is 4.72 Å². The molecule has 0 saturated carbocycles. The number of rotatable bonds is 3. The van der Waals surface area contributed by atoms with Gasteiger partial charge in [0.1, 0.15) is 10.0 Å². The molecule has 8 heteroatoms. The molecular formula is C13H8Cl2NO4S-. The van der Waals surface area contributed by atoms with Gasteiger partial charge in [0.05, 0.1) is 9.92 Å². The van der Waals surface area contributed by atoms with Crippen LogP contribution >= 0.6 is 23.2 Å². The van der Waals surface area contributed by atoms with Crippen molar-refractivity contribution in [3.8, 4) is 11.5 Å². The number of fused-ring (bicyclic) bond motifs is 1. The van der Waals surface area contributed by atoms with Gasteiger partial charge >= 0.3 is 0 Å². The number of benzene rings is 2. The van der Waals surface area contributed by atoms with Crippen molar-refractivity contribution in [1.82, 2.24) is 0 Å². The SMILES string of the molecule is O=S(=O)([N-]c1ccc2c(c1)OCO2)c1cc(Cl)ccc1Cl. The fraction of sp³-hybridized carbons (Fsp3) is 0.0769. The number of hydrogen-bond donors (Lipinski definition) is 0. The summed E-state index contributed by atoms with van der Waals surface area (Å²) in [5.41, 5.74) is 0.218. The molecular weight excluding hydrogens is 337 g/mol. The summed E-state index contributed by atoms with van der Waals surface area (Å²) in [6, 6.07) is 8.77. The Kier molecular flexibility index (Phi) is 3.61. The molecule has 2 aromatic carbocycles. The molecule has 0 spiro atoms. The van der Waals surface area contributed by atoms with E-state index in [1.54, 1.807) is 6.07 Å². The molecule has 2 aromatic rings. The molecule has 0 atom stereocenters. The van der Waals surface area contributed by atoms with Crippen LogP contribution in [-0.4, -0.2) is 15.2 Å². The molecule has 1 heterocycles.